The van der Waals surface area contributed by atoms with Crippen LogP contribution in [0.25, 0.3) is 21.6 Å². The van der Waals surface area contributed by atoms with Crippen molar-refractivity contribution in [2.75, 3.05) is 78.5 Å². The first-order valence-electron chi connectivity index (χ1n) is 27.1. The van der Waals surface area contributed by atoms with Crippen LogP contribution in [0.4, 0.5) is 0 Å². The van der Waals surface area contributed by atoms with Gasteiger partial charge in [-0.15, -0.1) is 0 Å². The summed E-state index contributed by atoms with van der Waals surface area (Å²) in [4.78, 5) is 16.5. The van der Waals surface area contributed by atoms with Crippen LogP contribution in [0.1, 0.15) is 237 Å². The van der Waals surface area contributed by atoms with Crippen LogP contribution in [-0.2, 0) is 0 Å². The molecule has 0 rings (SSSR count). The summed E-state index contributed by atoms with van der Waals surface area (Å²) < 4.78 is 4.26. The van der Waals surface area contributed by atoms with Crippen molar-refractivity contribution >= 4 is 69.5 Å². The Morgan fingerprint density at radius 2 is 0.347 bits per heavy atom. The van der Waals surface area contributed by atoms with Gasteiger partial charge in [0.25, 0.3) is 0 Å². The van der Waals surface area contributed by atoms with Gasteiger partial charge in [-0.1, -0.05) is 209 Å². The molecule has 0 amide bonds. The Kier molecular flexibility index (Phi) is 108. The maximum atomic E-state index is 8.25. The molecule has 0 saturated heterocycles. The molecule has 0 saturated carbocycles. The Morgan fingerprint density at radius 3 is 0.389 bits per heavy atom. The quantitative estimate of drug-likeness (QED) is 0.0190. The zero-order valence-corrected chi connectivity index (χ0v) is 52.7. The molecule has 0 aliphatic heterocycles. The summed E-state index contributed by atoms with van der Waals surface area (Å²) in [5, 5.41) is 63.4. The SMILES string of the molecule is CCCC[N+](CCCC)(CCCC)CCCC.CCCC[N+](CCCC)(CCCC)CCCC.CCCC[N+](CCCC)(CCCC)CCCC.O=[N+]([O-])[O-].O=[N+]([O-])[O-].[Lu+3].[N-]=C=S.[N-]=C=S.[N-]=C=S.[N-]=C=S. The van der Waals surface area contributed by atoms with E-state index in [1.165, 1.54) is 267 Å². The molecule has 0 aromatic rings. The van der Waals surface area contributed by atoms with E-state index in [2.05, 4.69) is 132 Å². The molecular weight excluding hydrogens is 1150 g/mol. The molecule has 0 atom stereocenters. The first-order chi connectivity index (χ1) is 33.8. The number of thiocarbonyl (C=S) groups is 4. The van der Waals surface area contributed by atoms with Gasteiger partial charge >= 0.3 is 36.9 Å². The van der Waals surface area contributed by atoms with Crippen molar-refractivity contribution in [2.24, 2.45) is 0 Å². The number of unbranched alkanes of at least 4 members (excludes halogenated alkanes) is 12. The van der Waals surface area contributed by atoms with Crippen LogP contribution in [0, 0.1) is 67.5 Å². The Hall–Kier alpha value is -1.29. The molecule has 72 heavy (non-hydrogen) atoms. The van der Waals surface area contributed by atoms with E-state index in [1.807, 2.05) is 0 Å². The molecule has 0 unspecified atom stereocenters. The fourth-order valence-electron chi connectivity index (χ4n) is 7.93. The van der Waals surface area contributed by atoms with Crippen LogP contribution in [0.5, 0.6) is 0 Å². The first kappa shape index (κ1) is 93.2. The molecule has 0 N–H and O–H groups in total. The van der Waals surface area contributed by atoms with Gasteiger partial charge in [0.15, 0.2) is 0 Å². The van der Waals surface area contributed by atoms with E-state index in [0.29, 0.717) is 0 Å². The summed E-state index contributed by atoms with van der Waals surface area (Å²) >= 11 is 14.8. The van der Waals surface area contributed by atoms with Crippen LogP contribution in [0.15, 0.2) is 0 Å². The number of hydrogen-bond acceptors (Lipinski definition) is 10. The average Bonchev–Trinajstić information content (AvgIpc) is 3.33. The third-order valence-electron chi connectivity index (χ3n) is 11.8. The van der Waals surface area contributed by atoms with Crippen LogP contribution in [0.2, 0.25) is 0 Å². The molecule has 436 valence electrons. The Balaban J connectivity index is -0.0000000835. The third-order valence-corrected chi connectivity index (χ3v) is 11.8. The molecule has 0 aliphatic rings. The van der Waals surface area contributed by atoms with Gasteiger partial charge in [0.2, 0.25) is 0 Å². The van der Waals surface area contributed by atoms with E-state index in [1.54, 1.807) is 0 Å². The second-order valence-electron chi connectivity index (χ2n) is 17.8. The minimum absolute atomic E-state index is 0. The number of nitrogens with zero attached hydrogens (tertiary/aromatic N) is 9. The van der Waals surface area contributed by atoms with E-state index in [4.69, 9.17) is 52.3 Å². The van der Waals surface area contributed by atoms with Gasteiger partial charge in [-0.05, 0) is 77.0 Å². The minimum atomic E-state index is -1.75. The number of isothiocyanates is 4. The molecule has 15 nitrogen and oxygen atoms in total. The Bertz CT molecular complexity index is 944. The second-order valence-corrected chi connectivity index (χ2v) is 18.5. The van der Waals surface area contributed by atoms with Gasteiger partial charge in [-0.3, -0.25) is 0 Å². The summed E-state index contributed by atoms with van der Waals surface area (Å²) in [6.07, 6.45) is 33.2. The topological polar surface area (TPSA) is 222 Å². The van der Waals surface area contributed by atoms with E-state index in [0.717, 1.165) is 0 Å². The summed E-state index contributed by atoms with van der Waals surface area (Å²) in [5.74, 6) is 0. The molecule has 0 bridgehead atoms. The number of quaternary nitrogens is 3. The van der Waals surface area contributed by atoms with Crippen LogP contribution >= 0.6 is 48.9 Å². The summed E-state index contributed by atoms with van der Waals surface area (Å²) in [7, 11) is 0. The fraction of sp³-hybridized carbons (Fsp3) is 0.923. The molecule has 0 aromatic carbocycles. The normalized spacial score (nSPS) is 9.61. The van der Waals surface area contributed by atoms with Crippen molar-refractivity contribution in [1.82, 2.24) is 0 Å². The molecule has 0 aromatic heterocycles. The third kappa shape index (κ3) is 91.4. The monoisotopic (exact) mass is 1260 g/mol. The van der Waals surface area contributed by atoms with Crippen molar-refractivity contribution in [2.45, 2.75) is 237 Å². The molecule has 0 heterocycles. The maximum Gasteiger partial charge on any atom is 3.00 e. The molecule has 0 spiro atoms. The zero-order valence-electron chi connectivity index (χ0n) is 47.8. The van der Waals surface area contributed by atoms with Crippen LogP contribution in [0.3, 0.4) is 0 Å². The molecule has 0 fully saturated rings. The van der Waals surface area contributed by atoms with Gasteiger partial charge in [0, 0.05) is 0 Å². The largest absolute Gasteiger partial charge is 3.00 e. The van der Waals surface area contributed by atoms with Crippen LogP contribution in [-0.4, -0.2) is 123 Å². The van der Waals surface area contributed by atoms with Gasteiger partial charge in [-0.2, -0.15) is 20.6 Å². The first-order valence-corrected chi connectivity index (χ1v) is 28.7. The van der Waals surface area contributed by atoms with Crippen molar-refractivity contribution in [3.8, 4) is 0 Å². The van der Waals surface area contributed by atoms with Gasteiger partial charge < -0.3 is 65.7 Å². The van der Waals surface area contributed by atoms with Crippen molar-refractivity contribution in [3.63, 3.8) is 0 Å². The van der Waals surface area contributed by atoms with Gasteiger partial charge in [-0.25, -0.2) is 0 Å². The molecular formula is C52H108LuN9O6S4. The van der Waals surface area contributed by atoms with Crippen molar-refractivity contribution < 1.29 is 60.5 Å². The van der Waals surface area contributed by atoms with Gasteiger partial charge in [0.1, 0.15) is 0 Å². The molecule has 0 radical (unpaired) electrons. The second kappa shape index (κ2) is 83.7. The Morgan fingerprint density at radius 1 is 0.292 bits per heavy atom. The van der Waals surface area contributed by atoms with Crippen molar-refractivity contribution in [3.05, 3.63) is 52.3 Å². The predicted octanol–water partition coefficient (Wildman–Crippen LogP) is 17.2. The number of hydrogen-bond donors (Lipinski definition) is 0. The van der Waals surface area contributed by atoms with E-state index >= 15 is 0 Å². The standard InChI is InChI=1S/3C16H36N.4CNS.Lu.2NO3/c3*1-5-9-13-17(14-10-6-2,15-11-7-3)16-12-8-4;4*2-1-3;;2*2-1(3)4/h3*5-16H2,1-4H3;;;;;;;/q3*+1;4*-1;+3;2*-1. The minimum Gasteiger partial charge on any atom is -0.753 e. The van der Waals surface area contributed by atoms with Gasteiger partial charge in [0.05, 0.1) is 88.7 Å². The Labute approximate surface area is 494 Å². The summed E-state index contributed by atoms with van der Waals surface area (Å²) in [6.45, 7) is 45.1. The van der Waals surface area contributed by atoms with E-state index in [9.17, 15) is 0 Å². The summed E-state index contributed by atoms with van der Waals surface area (Å²) in [5.41, 5.74) is 0. The number of rotatable bonds is 36. The maximum absolute atomic E-state index is 8.25. The van der Waals surface area contributed by atoms with E-state index < -0.39 is 10.2 Å². The average molecular weight is 1260 g/mol. The van der Waals surface area contributed by atoms with Crippen LogP contribution < -0.4 is 0 Å². The predicted molar refractivity (Wildman–Crippen MR) is 323 cm³/mol. The molecule has 20 heteroatoms. The zero-order chi connectivity index (χ0) is 56.9. The van der Waals surface area contributed by atoms with Crippen molar-refractivity contribution in [1.29, 1.82) is 0 Å². The fourth-order valence-corrected chi connectivity index (χ4v) is 7.93. The molecule has 0 aliphatic carbocycles. The smallest absolute Gasteiger partial charge is 0.753 e. The van der Waals surface area contributed by atoms with E-state index in [-0.39, 0.29) is 36.9 Å². The summed E-state index contributed by atoms with van der Waals surface area (Å²) in [6, 6.07) is 0.